The topological polar surface area (TPSA) is 26.3 Å². The van der Waals surface area contributed by atoms with Crippen molar-refractivity contribution in [1.82, 2.24) is 0 Å². The smallest absolute Gasteiger partial charge is 0.368 e. The van der Waals surface area contributed by atoms with Crippen LogP contribution in [-0.4, -0.2) is 18.0 Å². The lowest BCUT2D eigenvalue weighted by Gasteiger charge is -2.18. The Morgan fingerprint density at radius 3 is 2.33 bits per heavy atom. The number of ether oxygens (including phenoxy) is 1. The van der Waals surface area contributed by atoms with Gasteiger partial charge in [-0.05, 0) is 32.9 Å². The van der Waals surface area contributed by atoms with E-state index < -0.39 is 23.1 Å². The van der Waals surface area contributed by atoms with Crippen molar-refractivity contribution >= 4 is 5.78 Å². The molecule has 0 N–H and O–H groups in total. The summed E-state index contributed by atoms with van der Waals surface area (Å²) in [5.41, 5.74) is -1.32. The van der Waals surface area contributed by atoms with Crippen LogP contribution in [0.1, 0.15) is 36.7 Å². The van der Waals surface area contributed by atoms with E-state index in [0.717, 1.165) is 12.1 Å². The third-order valence-corrected chi connectivity index (χ3v) is 2.15. The maximum atomic E-state index is 12.5. The van der Waals surface area contributed by atoms with Crippen LogP contribution in [0.5, 0.6) is 0 Å². The summed E-state index contributed by atoms with van der Waals surface area (Å²) in [6.45, 7) is 5.08. The monoisotopic (exact) mass is 260 g/mol. The standard InChI is InChI=1S/C13H15F3O2/c1-12(2,3)18-8-11(17)9-5-4-6-10(7-9)13(14,15)16/h4-7H,8H2,1-3H3. The molecule has 0 saturated carbocycles. The average molecular weight is 260 g/mol. The Morgan fingerprint density at radius 2 is 1.83 bits per heavy atom. The summed E-state index contributed by atoms with van der Waals surface area (Å²) in [4.78, 5) is 11.7. The zero-order valence-electron chi connectivity index (χ0n) is 10.5. The van der Waals surface area contributed by atoms with Crippen LogP contribution in [0.2, 0.25) is 0 Å². The average Bonchev–Trinajstić information content (AvgIpc) is 2.24. The van der Waals surface area contributed by atoms with Crippen LogP contribution >= 0.6 is 0 Å². The van der Waals surface area contributed by atoms with Crippen molar-refractivity contribution in [2.24, 2.45) is 0 Å². The molecule has 0 aliphatic carbocycles. The predicted octanol–water partition coefficient (Wildman–Crippen LogP) is 3.70. The van der Waals surface area contributed by atoms with Gasteiger partial charge in [0.25, 0.3) is 0 Å². The SMILES string of the molecule is CC(C)(C)OCC(=O)c1cccc(C(F)(F)F)c1. The first-order valence-electron chi connectivity index (χ1n) is 5.44. The minimum absolute atomic E-state index is 0.00840. The summed E-state index contributed by atoms with van der Waals surface area (Å²) in [6.07, 6.45) is -4.44. The van der Waals surface area contributed by atoms with Crippen molar-refractivity contribution in [2.45, 2.75) is 32.5 Å². The lowest BCUT2D eigenvalue weighted by molar-refractivity contribution is -0.137. The van der Waals surface area contributed by atoms with Gasteiger partial charge in [0.15, 0.2) is 5.78 Å². The van der Waals surface area contributed by atoms with Gasteiger partial charge < -0.3 is 4.74 Å². The second kappa shape index (κ2) is 5.10. The first-order chi connectivity index (χ1) is 8.09. The molecule has 0 fully saturated rings. The van der Waals surface area contributed by atoms with Crippen molar-refractivity contribution in [3.8, 4) is 0 Å². The van der Waals surface area contributed by atoms with Gasteiger partial charge in [-0.25, -0.2) is 0 Å². The highest BCUT2D eigenvalue weighted by Crippen LogP contribution is 2.29. The lowest BCUT2D eigenvalue weighted by atomic mass is 10.1. The highest BCUT2D eigenvalue weighted by atomic mass is 19.4. The van der Waals surface area contributed by atoms with E-state index in [2.05, 4.69) is 0 Å². The van der Waals surface area contributed by atoms with Gasteiger partial charge in [-0.15, -0.1) is 0 Å². The molecule has 0 aromatic heterocycles. The zero-order chi connectivity index (χ0) is 14.0. The number of ketones is 1. The molecule has 0 amide bonds. The molecule has 0 radical (unpaired) electrons. The number of halogens is 3. The van der Waals surface area contributed by atoms with Crippen LogP contribution in [0.15, 0.2) is 24.3 Å². The van der Waals surface area contributed by atoms with E-state index in [0.29, 0.717) is 0 Å². The summed E-state index contributed by atoms with van der Waals surface area (Å²) >= 11 is 0. The number of benzene rings is 1. The Balaban J connectivity index is 2.81. The highest BCUT2D eigenvalue weighted by molar-refractivity contribution is 5.97. The van der Waals surface area contributed by atoms with E-state index in [1.165, 1.54) is 12.1 Å². The molecule has 18 heavy (non-hydrogen) atoms. The molecule has 1 aromatic rings. The largest absolute Gasteiger partial charge is 0.416 e. The minimum Gasteiger partial charge on any atom is -0.368 e. The fourth-order valence-electron chi connectivity index (χ4n) is 1.23. The lowest BCUT2D eigenvalue weighted by Crippen LogP contribution is -2.23. The van der Waals surface area contributed by atoms with Gasteiger partial charge in [0, 0.05) is 5.56 Å². The van der Waals surface area contributed by atoms with Crippen LogP contribution in [0.4, 0.5) is 13.2 Å². The quantitative estimate of drug-likeness (QED) is 0.774. The molecule has 2 nitrogen and oxygen atoms in total. The van der Waals surface area contributed by atoms with Crippen LogP contribution in [0.3, 0.4) is 0 Å². The number of hydrogen-bond acceptors (Lipinski definition) is 2. The molecule has 0 spiro atoms. The fraction of sp³-hybridized carbons (Fsp3) is 0.462. The number of hydrogen-bond donors (Lipinski definition) is 0. The van der Waals surface area contributed by atoms with Crippen molar-refractivity contribution in [2.75, 3.05) is 6.61 Å². The molecule has 0 saturated heterocycles. The van der Waals surface area contributed by atoms with Crippen LogP contribution in [0.25, 0.3) is 0 Å². The Labute approximate surface area is 104 Å². The summed E-state index contributed by atoms with van der Waals surface area (Å²) in [7, 11) is 0. The maximum absolute atomic E-state index is 12.5. The molecule has 0 atom stereocenters. The van der Waals surface area contributed by atoms with Crippen LogP contribution in [-0.2, 0) is 10.9 Å². The van der Waals surface area contributed by atoms with Gasteiger partial charge in [-0.3, -0.25) is 4.79 Å². The van der Waals surface area contributed by atoms with Crippen molar-refractivity contribution in [3.63, 3.8) is 0 Å². The first-order valence-corrected chi connectivity index (χ1v) is 5.44. The Kier molecular flexibility index (Phi) is 4.16. The van der Waals surface area contributed by atoms with Gasteiger partial charge in [0.05, 0.1) is 11.2 Å². The second-order valence-electron chi connectivity index (χ2n) is 4.90. The molecule has 0 bridgehead atoms. The Hall–Kier alpha value is -1.36. The van der Waals surface area contributed by atoms with E-state index in [9.17, 15) is 18.0 Å². The Bertz CT molecular complexity index is 431. The fourth-order valence-corrected chi connectivity index (χ4v) is 1.23. The summed E-state index contributed by atoms with van der Waals surface area (Å²) in [5, 5.41) is 0. The molecule has 1 aromatic carbocycles. The number of carbonyl (C=O) groups is 1. The van der Waals surface area contributed by atoms with Gasteiger partial charge >= 0.3 is 6.18 Å². The Morgan fingerprint density at radius 1 is 1.22 bits per heavy atom. The molecule has 0 aliphatic heterocycles. The number of Topliss-reactive ketones (excluding diaryl/α,β-unsaturated/α-hetero) is 1. The summed E-state index contributed by atoms with van der Waals surface area (Å²) < 4.78 is 42.6. The number of rotatable bonds is 3. The molecule has 0 aliphatic rings. The molecule has 1 rings (SSSR count). The van der Waals surface area contributed by atoms with E-state index >= 15 is 0 Å². The molecular weight excluding hydrogens is 245 g/mol. The van der Waals surface area contributed by atoms with Gasteiger partial charge in [0.1, 0.15) is 6.61 Å². The zero-order valence-corrected chi connectivity index (χ0v) is 10.5. The van der Waals surface area contributed by atoms with Crippen molar-refractivity contribution in [3.05, 3.63) is 35.4 Å². The maximum Gasteiger partial charge on any atom is 0.416 e. The molecule has 0 heterocycles. The van der Waals surface area contributed by atoms with E-state index in [-0.39, 0.29) is 12.2 Å². The predicted molar refractivity (Wildman–Crippen MR) is 61.5 cm³/mol. The van der Waals surface area contributed by atoms with Gasteiger partial charge in [-0.2, -0.15) is 13.2 Å². The van der Waals surface area contributed by atoms with E-state index in [1.54, 1.807) is 20.8 Å². The third kappa shape index (κ3) is 4.49. The molecule has 5 heteroatoms. The van der Waals surface area contributed by atoms with E-state index in [4.69, 9.17) is 4.74 Å². The molecule has 100 valence electrons. The minimum atomic E-state index is -4.44. The van der Waals surface area contributed by atoms with Crippen molar-refractivity contribution < 1.29 is 22.7 Å². The van der Waals surface area contributed by atoms with Crippen molar-refractivity contribution in [1.29, 1.82) is 0 Å². The second-order valence-corrected chi connectivity index (χ2v) is 4.90. The third-order valence-electron chi connectivity index (χ3n) is 2.15. The first kappa shape index (κ1) is 14.7. The van der Waals surface area contributed by atoms with Crippen LogP contribution in [0, 0.1) is 0 Å². The normalized spacial score (nSPS) is 12.6. The number of carbonyl (C=O) groups excluding carboxylic acids is 1. The van der Waals surface area contributed by atoms with Gasteiger partial charge in [-0.1, -0.05) is 12.1 Å². The highest BCUT2D eigenvalue weighted by Gasteiger charge is 2.30. The molecule has 0 unspecified atom stereocenters. The summed E-state index contributed by atoms with van der Waals surface area (Å²) in [6, 6.07) is 4.34. The van der Waals surface area contributed by atoms with E-state index in [1.807, 2.05) is 0 Å². The molecular formula is C13H15F3O2. The summed E-state index contributed by atoms with van der Waals surface area (Å²) in [5.74, 6) is -0.462. The van der Waals surface area contributed by atoms with Crippen LogP contribution < -0.4 is 0 Å². The van der Waals surface area contributed by atoms with Gasteiger partial charge in [0.2, 0.25) is 0 Å². The number of alkyl halides is 3.